The molecule has 0 radical (unpaired) electrons. The number of para-hydroxylation sites is 1. The molecule has 28 heavy (non-hydrogen) atoms. The second kappa shape index (κ2) is 7.96. The van der Waals surface area contributed by atoms with Crippen molar-refractivity contribution >= 4 is 23.2 Å². The minimum Gasteiger partial charge on any atom is -0.482 e. The van der Waals surface area contributed by atoms with E-state index in [0.717, 1.165) is 23.6 Å². The number of carboxylic acids is 1. The summed E-state index contributed by atoms with van der Waals surface area (Å²) in [6.45, 7) is -0.351. The molecule has 5 heteroatoms. The molecular formula is C23H20N2O3. The van der Waals surface area contributed by atoms with Gasteiger partial charge in [0.25, 0.3) is 0 Å². The molecule has 1 saturated heterocycles. The number of hydrogen-bond donors (Lipinski definition) is 1. The number of carboxylic acid groups (broad SMARTS) is 1. The van der Waals surface area contributed by atoms with Gasteiger partial charge in [-0.15, -0.1) is 0 Å². The van der Waals surface area contributed by atoms with Crippen LogP contribution in [-0.4, -0.2) is 23.5 Å². The number of carbonyl (C=O) groups is 1. The lowest BCUT2D eigenvalue weighted by molar-refractivity contribution is -0.139. The van der Waals surface area contributed by atoms with E-state index in [4.69, 9.17) is 14.8 Å². The molecule has 1 aliphatic rings. The molecule has 1 atom stereocenters. The quantitative estimate of drug-likeness (QED) is 0.673. The van der Waals surface area contributed by atoms with Gasteiger partial charge in [-0.2, -0.15) is 0 Å². The fourth-order valence-electron chi connectivity index (χ4n) is 3.30. The van der Waals surface area contributed by atoms with Crippen LogP contribution in [0.5, 0.6) is 5.75 Å². The second-order valence-corrected chi connectivity index (χ2v) is 6.54. The summed E-state index contributed by atoms with van der Waals surface area (Å²) >= 11 is 0. The molecule has 4 rings (SSSR count). The number of hydrogen-bond acceptors (Lipinski definition) is 3. The first-order valence-corrected chi connectivity index (χ1v) is 9.12. The molecule has 5 nitrogen and oxygen atoms in total. The van der Waals surface area contributed by atoms with Crippen LogP contribution in [0.3, 0.4) is 0 Å². The van der Waals surface area contributed by atoms with Gasteiger partial charge in [0.15, 0.2) is 6.61 Å². The molecule has 3 aromatic rings. The van der Waals surface area contributed by atoms with E-state index in [1.165, 1.54) is 5.56 Å². The Bertz CT molecular complexity index is 970. The summed E-state index contributed by atoms with van der Waals surface area (Å²) in [5.74, 6) is 0.539. The molecule has 0 spiro atoms. The van der Waals surface area contributed by atoms with Crippen molar-refractivity contribution in [2.45, 2.75) is 12.5 Å². The molecule has 3 aromatic carbocycles. The highest BCUT2D eigenvalue weighted by atomic mass is 16.5. The van der Waals surface area contributed by atoms with Crippen LogP contribution in [0.1, 0.15) is 18.0 Å². The number of rotatable bonds is 6. The predicted octanol–water partition coefficient (Wildman–Crippen LogP) is 4.83. The lowest BCUT2D eigenvalue weighted by Gasteiger charge is -2.44. The zero-order valence-electron chi connectivity index (χ0n) is 15.2. The smallest absolute Gasteiger partial charge is 0.341 e. The Kier molecular flexibility index (Phi) is 5.06. The Balaban J connectivity index is 1.62. The van der Waals surface area contributed by atoms with Crippen molar-refractivity contribution in [3.63, 3.8) is 0 Å². The Morgan fingerprint density at radius 2 is 1.61 bits per heavy atom. The summed E-state index contributed by atoms with van der Waals surface area (Å²) in [6.07, 6.45) is 0.857. The number of aliphatic imine (C=N–C) groups is 1. The number of aliphatic carboxylic acids is 1. The maximum absolute atomic E-state index is 10.7. The van der Waals surface area contributed by atoms with Crippen LogP contribution in [0.15, 0.2) is 89.9 Å². The molecule has 1 heterocycles. The molecule has 1 N–H and O–H groups in total. The third kappa shape index (κ3) is 3.88. The molecule has 1 unspecified atom stereocenters. The normalized spacial score (nSPS) is 17.2. The van der Waals surface area contributed by atoms with E-state index in [1.807, 2.05) is 60.7 Å². The van der Waals surface area contributed by atoms with Gasteiger partial charge in [-0.1, -0.05) is 48.5 Å². The van der Waals surface area contributed by atoms with Crippen LogP contribution < -0.4 is 9.64 Å². The van der Waals surface area contributed by atoms with Crippen LogP contribution >= 0.6 is 0 Å². The van der Waals surface area contributed by atoms with E-state index in [9.17, 15) is 4.79 Å². The Hall–Kier alpha value is -3.60. The standard InChI is InChI=1S/C23H20N2O3/c26-23(27)16-28-20-13-11-19(12-14-20)25-21(17-7-3-1-4-8-17)15-22(25)24-18-9-5-2-6-10-18/h1-14,21H,15-16H2,(H,26,27)/b24-22+. The van der Waals surface area contributed by atoms with Gasteiger partial charge in [-0.25, -0.2) is 9.79 Å². The maximum Gasteiger partial charge on any atom is 0.341 e. The van der Waals surface area contributed by atoms with Crippen molar-refractivity contribution in [2.75, 3.05) is 11.5 Å². The lowest BCUT2D eigenvalue weighted by Crippen LogP contribution is -2.46. The molecule has 0 aromatic heterocycles. The molecule has 140 valence electrons. The number of ether oxygens (including phenoxy) is 1. The lowest BCUT2D eigenvalue weighted by atomic mass is 9.92. The molecule has 1 fully saturated rings. The molecular weight excluding hydrogens is 352 g/mol. The summed E-state index contributed by atoms with van der Waals surface area (Å²) in [7, 11) is 0. The molecule has 1 aliphatic heterocycles. The van der Waals surface area contributed by atoms with Crippen molar-refractivity contribution in [3.8, 4) is 5.75 Å². The number of nitrogens with zero attached hydrogens (tertiary/aromatic N) is 2. The zero-order valence-corrected chi connectivity index (χ0v) is 15.2. The molecule has 0 aliphatic carbocycles. The topological polar surface area (TPSA) is 62.1 Å². The first kappa shape index (κ1) is 17.8. The summed E-state index contributed by atoms with van der Waals surface area (Å²) < 4.78 is 5.24. The average molecular weight is 372 g/mol. The number of anilines is 1. The van der Waals surface area contributed by atoms with Gasteiger partial charge in [-0.05, 0) is 42.0 Å². The third-order valence-electron chi connectivity index (χ3n) is 4.64. The fourth-order valence-corrected chi connectivity index (χ4v) is 3.30. The zero-order chi connectivity index (χ0) is 19.3. The van der Waals surface area contributed by atoms with Crippen molar-refractivity contribution in [2.24, 2.45) is 4.99 Å². The highest BCUT2D eigenvalue weighted by Crippen LogP contribution is 2.40. The third-order valence-corrected chi connectivity index (χ3v) is 4.64. The van der Waals surface area contributed by atoms with E-state index >= 15 is 0 Å². The highest BCUT2D eigenvalue weighted by molar-refractivity contribution is 6.06. The van der Waals surface area contributed by atoms with Crippen LogP contribution in [-0.2, 0) is 4.79 Å². The summed E-state index contributed by atoms with van der Waals surface area (Å²) in [5, 5.41) is 8.75. The summed E-state index contributed by atoms with van der Waals surface area (Å²) in [5.41, 5.74) is 3.16. The van der Waals surface area contributed by atoms with E-state index < -0.39 is 5.97 Å². The van der Waals surface area contributed by atoms with E-state index in [1.54, 1.807) is 12.1 Å². The van der Waals surface area contributed by atoms with Crippen LogP contribution in [0, 0.1) is 0 Å². The second-order valence-electron chi connectivity index (χ2n) is 6.54. The maximum atomic E-state index is 10.7. The van der Waals surface area contributed by atoms with E-state index in [-0.39, 0.29) is 12.6 Å². The number of benzene rings is 3. The van der Waals surface area contributed by atoms with Gasteiger partial charge in [0.1, 0.15) is 11.6 Å². The van der Waals surface area contributed by atoms with Gasteiger partial charge < -0.3 is 14.7 Å². The van der Waals surface area contributed by atoms with E-state index in [0.29, 0.717) is 5.75 Å². The molecule has 0 bridgehead atoms. The summed E-state index contributed by atoms with van der Waals surface area (Å²) in [4.78, 5) is 17.7. The molecule has 0 saturated carbocycles. The Morgan fingerprint density at radius 3 is 2.25 bits per heavy atom. The first-order chi connectivity index (χ1) is 13.7. The Labute approximate surface area is 163 Å². The van der Waals surface area contributed by atoms with Crippen molar-refractivity contribution < 1.29 is 14.6 Å². The van der Waals surface area contributed by atoms with Crippen LogP contribution in [0.4, 0.5) is 11.4 Å². The minimum absolute atomic E-state index is 0.217. The highest BCUT2D eigenvalue weighted by Gasteiger charge is 2.36. The monoisotopic (exact) mass is 372 g/mol. The van der Waals surface area contributed by atoms with Gasteiger partial charge in [0.05, 0.1) is 11.7 Å². The Morgan fingerprint density at radius 1 is 0.964 bits per heavy atom. The average Bonchev–Trinajstić information content (AvgIpc) is 2.71. The largest absolute Gasteiger partial charge is 0.482 e. The molecule has 0 amide bonds. The van der Waals surface area contributed by atoms with Crippen molar-refractivity contribution in [1.82, 2.24) is 0 Å². The first-order valence-electron chi connectivity index (χ1n) is 9.12. The van der Waals surface area contributed by atoms with Gasteiger partial charge >= 0.3 is 5.97 Å². The van der Waals surface area contributed by atoms with Gasteiger partial charge in [-0.3, -0.25) is 0 Å². The van der Waals surface area contributed by atoms with Gasteiger partial charge in [0, 0.05) is 12.1 Å². The van der Waals surface area contributed by atoms with Crippen molar-refractivity contribution in [1.29, 1.82) is 0 Å². The minimum atomic E-state index is -0.992. The fraction of sp³-hybridized carbons (Fsp3) is 0.130. The summed E-state index contributed by atoms with van der Waals surface area (Å²) in [6, 6.07) is 27.9. The van der Waals surface area contributed by atoms with E-state index in [2.05, 4.69) is 17.0 Å². The number of amidine groups is 1. The van der Waals surface area contributed by atoms with Crippen molar-refractivity contribution in [3.05, 3.63) is 90.5 Å². The predicted molar refractivity (Wildman–Crippen MR) is 109 cm³/mol. The van der Waals surface area contributed by atoms with Gasteiger partial charge in [0.2, 0.25) is 0 Å². The van der Waals surface area contributed by atoms with Crippen LogP contribution in [0.2, 0.25) is 0 Å². The van der Waals surface area contributed by atoms with Crippen LogP contribution in [0.25, 0.3) is 0 Å². The SMILES string of the molecule is O=C(O)COc1ccc(N2/C(=N/c3ccccc3)CC2c2ccccc2)cc1.